The third kappa shape index (κ3) is 5.60. The van der Waals surface area contributed by atoms with Crippen molar-refractivity contribution >= 4 is 11.8 Å². The molecule has 100 valence electrons. The van der Waals surface area contributed by atoms with Gasteiger partial charge in [-0.2, -0.15) is 11.8 Å². The van der Waals surface area contributed by atoms with Crippen molar-refractivity contribution in [2.24, 2.45) is 0 Å². The summed E-state index contributed by atoms with van der Waals surface area (Å²) >= 11 is 2.08. The molecule has 1 atom stereocenters. The molecular formula is C13H25NO2S. The van der Waals surface area contributed by atoms with E-state index in [4.69, 9.17) is 9.47 Å². The molecule has 4 heteroatoms. The smallest absolute Gasteiger partial charge is 0.0619 e. The maximum absolute atomic E-state index is 5.85. The van der Waals surface area contributed by atoms with Crippen molar-refractivity contribution in [1.29, 1.82) is 0 Å². The summed E-state index contributed by atoms with van der Waals surface area (Å²) < 4.78 is 11.2. The van der Waals surface area contributed by atoms with E-state index in [0.29, 0.717) is 6.10 Å². The summed E-state index contributed by atoms with van der Waals surface area (Å²) in [4.78, 5) is 0. The molecule has 0 aromatic carbocycles. The lowest BCUT2D eigenvalue weighted by Crippen LogP contribution is -2.35. The van der Waals surface area contributed by atoms with E-state index in [0.717, 1.165) is 51.7 Å². The zero-order valence-corrected chi connectivity index (χ0v) is 11.5. The lowest BCUT2D eigenvalue weighted by molar-refractivity contribution is -0.0322. The van der Waals surface area contributed by atoms with Crippen LogP contribution in [0.2, 0.25) is 0 Å². The topological polar surface area (TPSA) is 30.5 Å². The van der Waals surface area contributed by atoms with Gasteiger partial charge < -0.3 is 14.8 Å². The number of rotatable bonds is 6. The Morgan fingerprint density at radius 2 is 2.12 bits per heavy atom. The summed E-state index contributed by atoms with van der Waals surface area (Å²) in [5, 5.41) is 3.63. The van der Waals surface area contributed by atoms with Crippen molar-refractivity contribution in [2.45, 2.75) is 44.2 Å². The molecule has 0 aliphatic carbocycles. The Hall–Kier alpha value is 0.230. The van der Waals surface area contributed by atoms with E-state index < -0.39 is 0 Å². The first-order valence-corrected chi connectivity index (χ1v) is 8.11. The van der Waals surface area contributed by atoms with Crippen molar-refractivity contribution in [2.75, 3.05) is 37.9 Å². The van der Waals surface area contributed by atoms with E-state index in [1.807, 2.05) is 0 Å². The van der Waals surface area contributed by atoms with Crippen molar-refractivity contribution in [3.05, 3.63) is 0 Å². The van der Waals surface area contributed by atoms with Gasteiger partial charge in [-0.25, -0.2) is 0 Å². The normalized spacial score (nSPS) is 27.2. The van der Waals surface area contributed by atoms with Gasteiger partial charge >= 0.3 is 0 Å². The van der Waals surface area contributed by atoms with Crippen molar-refractivity contribution < 1.29 is 9.47 Å². The van der Waals surface area contributed by atoms with Crippen LogP contribution >= 0.6 is 11.8 Å². The fourth-order valence-corrected chi connectivity index (χ4v) is 3.48. The van der Waals surface area contributed by atoms with Crippen LogP contribution in [0.5, 0.6) is 0 Å². The Kier molecular flexibility index (Phi) is 6.71. The molecule has 0 radical (unpaired) electrons. The monoisotopic (exact) mass is 259 g/mol. The van der Waals surface area contributed by atoms with Gasteiger partial charge in [-0.1, -0.05) is 0 Å². The van der Waals surface area contributed by atoms with Gasteiger partial charge in [-0.15, -0.1) is 0 Å². The summed E-state index contributed by atoms with van der Waals surface area (Å²) in [7, 11) is 0. The molecule has 0 saturated carbocycles. The first-order chi connectivity index (χ1) is 8.45. The van der Waals surface area contributed by atoms with E-state index in [2.05, 4.69) is 17.1 Å². The quantitative estimate of drug-likeness (QED) is 0.740. The first-order valence-electron chi connectivity index (χ1n) is 6.95. The number of nitrogens with one attached hydrogen (secondary N) is 1. The van der Waals surface area contributed by atoms with Crippen LogP contribution in [0.1, 0.15) is 32.1 Å². The van der Waals surface area contributed by atoms with Gasteiger partial charge in [-0.05, 0) is 44.4 Å². The molecule has 3 nitrogen and oxygen atoms in total. The van der Waals surface area contributed by atoms with Gasteiger partial charge in [-0.3, -0.25) is 0 Å². The molecule has 0 spiro atoms. The number of hydrogen-bond acceptors (Lipinski definition) is 4. The summed E-state index contributed by atoms with van der Waals surface area (Å²) in [6, 6.07) is 0.747. The lowest BCUT2D eigenvalue weighted by atomic mass is 10.1. The van der Waals surface area contributed by atoms with Crippen LogP contribution < -0.4 is 5.32 Å². The highest BCUT2D eigenvalue weighted by Crippen LogP contribution is 2.16. The molecule has 2 heterocycles. The highest BCUT2D eigenvalue weighted by molar-refractivity contribution is 7.99. The highest BCUT2D eigenvalue weighted by Gasteiger charge is 2.14. The molecule has 0 aromatic rings. The molecule has 0 bridgehead atoms. The van der Waals surface area contributed by atoms with Gasteiger partial charge in [0.2, 0.25) is 0 Å². The Morgan fingerprint density at radius 3 is 2.88 bits per heavy atom. The minimum atomic E-state index is 0.453. The molecule has 0 aromatic heterocycles. The third-order valence-corrected chi connectivity index (χ3v) is 4.65. The van der Waals surface area contributed by atoms with E-state index >= 15 is 0 Å². The summed E-state index contributed by atoms with van der Waals surface area (Å²) in [5.41, 5.74) is 0. The third-order valence-electron chi connectivity index (χ3n) is 3.44. The Morgan fingerprint density at radius 1 is 1.24 bits per heavy atom. The summed E-state index contributed by atoms with van der Waals surface area (Å²) in [6.45, 7) is 3.76. The SMILES string of the molecule is C(CN[C@H]1CCCSC1)COC1CCOCC1. The average molecular weight is 259 g/mol. The predicted octanol–water partition coefficient (Wildman–Crippen LogP) is 2.06. The van der Waals surface area contributed by atoms with Gasteiger partial charge in [0, 0.05) is 31.6 Å². The minimum absolute atomic E-state index is 0.453. The molecule has 2 aliphatic rings. The average Bonchev–Trinajstić information content (AvgIpc) is 2.41. The molecule has 17 heavy (non-hydrogen) atoms. The van der Waals surface area contributed by atoms with Gasteiger partial charge in [0.1, 0.15) is 0 Å². The highest BCUT2D eigenvalue weighted by atomic mass is 32.2. The van der Waals surface area contributed by atoms with Crippen LogP contribution in [-0.2, 0) is 9.47 Å². The minimum Gasteiger partial charge on any atom is -0.381 e. The van der Waals surface area contributed by atoms with Crippen LogP contribution in [0.15, 0.2) is 0 Å². The van der Waals surface area contributed by atoms with Gasteiger partial charge in [0.25, 0.3) is 0 Å². The second-order valence-corrected chi connectivity index (χ2v) is 6.05. The molecule has 0 unspecified atom stereocenters. The summed E-state index contributed by atoms with van der Waals surface area (Å²) in [6.07, 6.45) is 6.47. The second-order valence-electron chi connectivity index (χ2n) is 4.90. The maximum atomic E-state index is 5.85. The van der Waals surface area contributed by atoms with Crippen molar-refractivity contribution in [3.8, 4) is 0 Å². The van der Waals surface area contributed by atoms with Crippen LogP contribution in [0.25, 0.3) is 0 Å². The fraction of sp³-hybridized carbons (Fsp3) is 1.00. The maximum Gasteiger partial charge on any atom is 0.0619 e. The zero-order valence-electron chi connectivity index (χ0n) is 10.7. The molecule has 0 amide bonds. The van der Waals surface area contributed by atoms with Crippen LogP contribution in [0, 0.1) is 0 Å². The van der Waals surface area contributed by atoms with Crippen LogP contribution in [-0.4, -0.2) is 50.0 Å². The molecule has 2 fully saturated rings. The molecule has 1 N–H and O–H groups in total. The van der Waals surface area contributed by atoms with E-state index in [1.165, 1.54) is 24.3 Å². The van der Waals surface area contributed by atoms with E-state index in [1.54, 1.807) is 0 Å². The number of hydrogen-bond donors (Lipinski definition) is 1. The molecule has 2 rings (SSSR count). The molecule has 2 aliphatic heterocycles. The van der Waals surface area contributed by atoms with Crippen LogP contribution in [0.3, 0.4) is 0 Å². The predicted molar refractivity (Wildman–Crippen MR) is 72.8 cm³/mol. The van der Waals surface area contributed by atoms with Gasteiger partial charge in [0.15, 0.2) is 0 Å². The van der Waals surface area contributed by atoms with E-state index in [9.17, 15) is 0 Å². The number of thioether (sulfide) groups is 1. The fourth-order valence-electron chi connectivity index (χ4n) is 2.37. The largest absolute Gasteiger partial charge is 0.381 e. The van der Waals surface area contributed by atoms with Crippen molar-refractivity contribution in [1.82, 2.24) is 5.32 Å². The standard InChI is InChI=1S/C13H25NO2S/c1-3-12(11-17-10-1)14-6-2-7-16-13-4-8-15-9-5-13/h12-14H,1-11H2/t12-/m0/s1. The van der Waals surface area contributed by atoms with Gasteiger partial charge in [0.05, 0.1) is 6.10 Å². The lowest BCUT2D eigenvalue weighted by Gasteiger charge is -2.24. The first kappa shape index (κ1) is 13.7. The second kappa shape index (κ2) is 8.35. The Balaban J connectivity index is 1.42. The Labute approximate surface area is 109 Å². The van der Waals surface area contributed by atoms with E-state index in [-0.39, 0.29) is 0 Å². The van der Waals surface area contributed by atoms with Crippen LogP contribution in [0.4, 0.5) is 0 Å². The molecular weight excluding hydrogens is 234 g/mol. The number of ether oxygens (including phenoxy) is 2. The zero-order chi connectivity index (χ0) is 11.8. The molecule has 2 saturated heterocycles. The summed E-state index contributed by atoms with van der Waals surface area (Å²) in [5.74, 6) is 2.64. The van der Waals surface area contributed by atoms with Crippen molar-refractivity contribution in [3.63, 3.8) is 0 Å². The Bertz CT molecular complexity index is 172.